The van der Waals surface area contributed by atoms with Crippen LogP contribution in [0.1, 0.15) is 26.3 Å². The van der Waals surface area contributed by atoms with Crippen LogP contribution >= 0.6 is 0 Å². The van der Waals surface area contributed by atoms with Gasteiger partial charge in [0.2, 0.25) is 5.79 Å². The summed E-state index contributed by atoms with van der Waals surface area (Å²) in [6.45, 7) is 6.26. The number of hydrogen-bond donors (Lipinski definition) is 2. The number of hydrogen-bond acceptors (Lipinski definition) is 3. The molecule has 1 aliphatic rings. The number of aliphatic hydroxyl groups is 1. The van der Waals surface area contributed by atoms with E-state index in [2.05, 4.69) is 5.32 Å². The maximum atomic E-state index is 12.9. The van der Waals surface area contributed by atoms with Gasteiger partial charge in [0.1, 0.15) is 5.82 Å². The van der Waals surface area contributed by atoms with E-state index in [1.54, 1.807) is 12.1 Å². The van der Waals surface area contributed by atoms with Crippen LogP contribution in [0.3, 0.4) is 0 Å². The van der Waals surface area contributed by atoms with E-state index in [4.69, 9.17) is 4.74 Å². The van der Waals surface area contributed by atoms with Gasteiger partial charge in [-0.2, -0.15) is 0 Å². The molecule has 4 heteroatoms. The van der Waals surface area contributed by atoms with Gasteiger partial charge in [0.25, 0.3) is 0 Å². The molecule has 1 fully saturated rings. The maximum Gasteiger partial charge on any atom is 0.208 e. The van der Waals surface area contributed by atoms with Gasteiger partial charge in [-0.25, -0.2) is 4.39 Å². The van der Waals surface area contributed by atoms with Crippen LogP contribution in [0.2, 0.25) is 0 Å². The first-order valence-electron chi connectivity index (χ1n) is 5.74. The third kappa shape index (κ3) is 2.34. The van der Waals surface area contributed by atoms with Crippen LogP contribution in [0.5, 0.6) is 0 Å². The fraction of sp³-hybridized carbons (Fsp3) is 0.538. The highest BCUT2D eigenvalue weighted by Crippen LogP contribution is 2.32. The Bertz CT molecular complexity index is 404. The van der Waals surface area contributed by atoms with Crippen molar-refractivity contribution in [1.29, 1.82) is 0 Å². The highest BCUT2D eigenvalue weighted by atomic mass is 19.1. The third-order valence-corrected chi connectivity index (χ3v) is 3.11. The molecule has 2 atom stereocenters. The van der Waals surface area contributed by atoms with Gasteiger partial charge < -0.3 is 15.2 Å². The van der Waals surface area contributed by atoms with Crippen molar-refractivity contribution >= 4 is 0 Å². The molecule has 0 unspecified atom stereocenters. The Morgan fingerprint density at radius 1 is 1.35 bits per heavy atom. The summed E-state index contributed by atoms with van der Waals surface area (Å²) >= 11 is 0. The molecule has 1 saturated heterocycles. The maximum absolute atomic E-state index is 12.9. The van der Waals surface area contributed by atoms with Crippen molar-refractivity contribution in [3.05, 3.63) is 35.6 Å². The zero-order valence-electron chi connectivity index (χ0n) is 10.3. The molecular weight excluding hydrogens is 221 g/mol. The van der Waals surface area contributed by atoms with Crippen molar-refractivity contribution in [2.45, 2.75) is 38.1 Å². The first kappa shape index (κ1) is 12.5. The van der Waals surface area contributed by atoms with E-state index in [1.807, 2.05) is 20.8 Å². The number of morpholine rings is 1. The molecular formula is C13H18FNO2. The lowest BCUT2D eigenvalue weighted by Gasteiger charge is -2.46. The van der Waals surface area contributed by atoms with E-state index in [9.17, 15) is 9.50 Å². The van der Waals surface area contributed by atoms with E-state index in [-0.39, 0.29) is 17.4 Å². The van der Waals surface area contributed by atoms with Gasteiger partial charge in [0.05, 0.1) is 12.6 Å². The molecule has 1 aromatic rings. The second kappa shape index (κ2) is 4.05. The average Bonchev–Trinajstić information content (AvgIpc) is 2.25. The van der Waals surface area contributed by atoms with Gasteiger partial charge in [0.15, 0.2) is 0 Å². The highest BCUT2D eigenvalue weighted by Gasteiger charge is 2.44. The van der Waals surface area contributed by atoms with Gasteiger partial charge in [-0.3, -0.25) is 0 Å². The number of benzene rings is 1. The zero-order valence-corrected chi connectivity index (χ0v) is 10.3. The smallest absolute Gasteiger partial charge is 0.208 e. The van der Waals surface area contributed by atoms with Gasteiger partial charge in [-0.1, -0.05) is 12.1 Å². The van der Waals surface area contributed by atoms with Crippen LogP contribution in [-0.4, -0.2) is 23.3 Å². The van der Waals surface area contributed by atoms with Crippen LogP contribution in [0, 0.1) is 5.82 Å². The van der Waals surface area contributed by atoms with Crippen molar-refractivity contribution in [3.8, 4) is 0 Å². The Kier molecular flexibility index (Phi) is 2.97. The topological polar surface area (TPSA) is 41.5 Å². The second-order valence-electron chi connectivity index (χ2n) is 5.24. The minimum absolute atomic E-state index is 0.175. The highest BCUT2D eigenvalue weighted by molar-refractivity contribution is 5.23. The fourth-order valence-electron chi connectivity index (χ4n) is 2.16. The zero-order chi connectivity index (χ0) is 12.7. The predicted molar refractivity (Wildman–Crippen MR) is 62.9 cm³/mol. The Morgan fingerprint density at radius 3 is 2.47 bits per heavy atom. The number of nitrogens with one attached hydrogen (secondary N) is 1. The first-order valence-corrected chi connectivity index (χ1v) is 5.74. The SMILES string of the molecule is C[C@@H]1NC(C)(C)CO[C@@]1(O)c1ccc(F)cc1. The minimum Gasteiger partial charge on any atom is -0.361 e. The average molecular weight is 239 g/mol. The number of ether oxygens (including phenoxy) is 1. The molecule has 0 saturated carbocycles. The third-order valence-electron chi connectivity index (χ3n) is 3.11. The molecule has 0 aromatic heterocycles. The molecule has 2 rings (SSSR count). The predicted octanol–water partition coefficient (Wildman–Crippen LogP) is 1.76. The van der Waals surface area contributed by atoms with Crippen LogP contribution in [0.4, 0.5) is 4.39 Å². The summed E-state index contributed by atoms with van der Waals surface area (Å²) in [6.07, 6.45) is 0. The van der Waals surface area contributed by atoms with Crippen molar-refractivity contribution in [2.24, 2.45) is 0 Å². The van der Waals surface area contributed by atoms with Crippen molar-refractivity contribution in [3.63, 3.8) is 0 Å². The quantitative estimate of drug-likeness (QED) is 0.784. The summed E-state index contributed by atoms with van der Waals surface area (Å²) in [6, 6.07) is 5.47. The van der Waals surface area contributed by atoms with Crippen LogP contribution < -0.4 is 5.32 Å². The molecule has 94 valence electrons. The lowest BCUT2D eigenvalue weighted by Crippen LogP contribution is -2.63. The Balaban J connectivity index is 2.28. The van der Waals surface area contributed by atoms with E-state index in [0.29, 0.717) is 12.2 Å². The fourth-order valence-corrected chi connectivity index (χ4v) is 2.16. The molecule has 1 aromatic carbocycles. The standard InChI is InChI=1S/C13H18FNO2/c1-9-13(16,17-8-12(2,3)15-9)10-4-6-11(14)7-5-10/h4-7,9,15-16H,8H2,1-3H3/t9-,13+/m0/s1. The van der Waals surface area contributed by atoms with E-state index >= 15 is 0 Å². The molecule has 0 radical (unpaired) electrons. The number of halogens is 1. The van der Waals surface area contributed by atoms with Gasteiger partial charge in [-0.15, -0.1) is 0 Å². The Hall–Kier alpha value is -0.970. The summed E-state index contributed by atoms with van der Waals surface area (Å²) in [4.78, 5) is 0. The summed E-state index contributed by atoms with van der Waals surface area (Å²) < 4.78 is 18.5. The van der Waals surface area contributed by atoms with Gasteiger partial charge >= 0.3 is 0 Å². The molecule has 0 amide bonds. The van der Waals surface area contributed by atoms with Crippen LogP contribution in [-0.2, 0) is 10.5 Å². The number of rotatable bonds is 1. The van der Waals surface area contributed by atoms with Gasteiger partial charge in [0, 0.05) is 11.1 Å². The van der Waals surface area contributed by atoms with E-state index < -0.39 is 5.79 Å². The van der Waals surface area contributed by atoms with Crippen molar-refractivity contribution in [1.82, 2.24) is 5.32 Å². The lowest BCUT2D eigenvalue weighted by molar-refractivity contribution is -0.263. The summed E-state index contributed by atoms with van der Waals surface area (Å²) in [7, 11) is 0. The lowest BCUT2D eigenvalue weighted by atomic mass is 9.92. The molecule has 17 heavy (non-hydrogen) atoms. The molecule has 0 bridgehead atoms. The monoisotopic (exact) mass is 239 g/mol. The minimum atomic E-state index is -1.40. The van der Waals surface area contributed by atoms with Crippen LogP contribution in [0.15, 0.2) is 24.3 Å². The van der Waals surface area contributed by atoms with E-state index in [1.165, 1.54) is 12.1 Å². The van der Waals surface area contributed by atoms with Crippen molar-refractivity contribution < 1.29 is 14.2 Å². The normalized spacial score (nSPS) is 32.4. The van der Waals surface area contributed by atoms with Crippen molar-refractivity contribution in [2.75, 3.05) is 6.61 Å². The largest absolute Gasteiger partial charge is 0.361 e. The first-order chi connectivity index (χ1) is 7.83. The Morgan fingerprint density at radius 2 is 1.94 bits per heavy atom. The summed E-state index contributed by atoms with van der Waals surface area (Å²) in [5.41, 5.74) is 0.389. The Labute approximate surface area is 101 Å². The van der Waals surface area contributed by atoms with Gasteiger partial charge in [-0.05, 0) is 32.9 Å². The molecule has 3 nitrogen and oxygen atoms in total. The molecule has 2 N–H and O–H groups in total. The molecule has 0 aliphatic carbocycles. The second-order valence-corrected chi connectivity index (χ2v) is 5.24. The molecule has 1 heterocycles. The van der Waals surface area contributed by atoms with Crippen LogP contribution in [0.25, 0.3) is 0 Å². The summed E-state index contributed by atoms with van der Waals surface area (Å²) in [5, 5.41) is 13.8. The molecule has 1 aliphatic heterocycles. The summed E-state index contributed by atoms with van der Waals surface area (Å²) in [5.74, 6) is -1.72. The molecule has 0 spiro atoms. The van der Waals surface area contributed by atoms with E-state index in [0.717, 1.165) is 0 Å².